The van der Waals surface area contributed by atoms with Crippen LogP contribution in [0, 0.1) is 11.8 Å². The molecule has 0 saturated carbocycles. The third kappa shape index (κ3) is 6.13. The van der Waals surface area contributed by atoms with Gasteiger partial charge in [0.1, 0.15) is 6.04 Å². The third-order valence-corrected chi connectivity index (χ3v) is 11.0. The predicted octanol–water partition coefficient (Wildman–Crippen LogP) is 4.82. The van der Waals surface area contributed by atoms with Gasteiger partial charge >= 0.3 is 5.97 Å². The molecule has 1 aromatic carbocycles. The highest BCUT2D eigenvalue weighted by atomic mass is 32.2. The van der Waals surface area contributed by atoms with Crippen molar-refractivity contribution < 1.29 is 24.2 Å². The maximum Gasteiger partial charge on any atom is 0.310 e. The van der Waals surface area contributed by atoms with Crippen molar-refractivity contribution in [2.24, 2.45) is 11.8 Å². The molecular weight excluding hydrogens is 550 g/mol. The molecule has 1 N–H and O–H groups in total. The molecule has 5 atom stereocenters. The van der Waals surface area contributed by atoms with Gasteiger partial charge in [0, 0.05) is 49.4 Å². The molecule has 2 unspecified atom stereocenters. The van der Waals surface area contributed by atoms with Crippen LogP contribution in [0.25, 0.3) is 0 Å². The summed E-state index contributed by atoms with van der Waals surface area (Å²) in [6, 6.07) is 7.35. The van der Waals surface area contributed by atoms with Gasteiger partial charge in [0.2, 0.25) is 5.91 Å². The van der Waals surface area contributed by atoms with Gasteiger partial charge in [0.05, 0.1) is 23.2 Å². The first kappa shape index (κ1) is 32.1. The van der Waals surface area contributed by atoms with Crippen molar-refractivity contribution >= 4 is 40.9 Å². The minimum atomic E-state index is -0.670. The van der Waals surface area contributed by atoms with Crippen LogP contribution in [0.5, 0.6) is 0 Å². The predicted molar refractivity (Wildman–Crippen MR) is 170 cm³/mol. The lowest BCUT2D eigenvalue weighted by Crippen LogP contribution is -2.55. The summed E-state index contributed by atoms with van der Waals surface area (Å²) in [7, 11) is 0. The molecule has 1 spiro atoms. The van der Waals surface area contributed by atoms with Gasteiger partial charge in [-0.05, 0) is 70.2 Å². The molecule has 3 heterocycles. The maximum absolute atomic E-state index is 14.7. The van der Waals surface area contributed by atoms with Gasteiger partial charge in [-0.15, -0.1) is 24.9 Å². The molecule has 2 bridgehead atoms. The number of hydrogen-bond acceptors (Lipinski definition) is 7. The van der Waals surface area contributed by atoms with E-state index in [1.165, 1.54) is 0 Å². The molecule has 42 heavy (non-hydrogen) atoms. The van der Waals surface area contributed by atoms with E-state index in [-0.39, 0.29) is 36.2 Å². The zero-order chi connectivity index (χ0) is 30.3. The van der Waals surface area contributed by atoms with E-state index in [1.54, 1.807) is 33.7 Å². The van der Waals surface area contributed by atoms with Crippen LogP contribution in [-0.2, 0) is 19.1 Å². The molecule has 0 aliphatic carbocycles. The number of ether oxygens (including phenoxy) is 1. The Bertz CT molecular complexity index is 1120. The molecule has 0 radical (unpaired) electrons. The Labute approximate surface area is 255 Å². The lowest BCUT2D eigenvalue weighted by molar-refractivity contribution is -0.154. The number of fused-ring (bicyclic) bond motifs is 1. The van der Waals surface area contributed by atoms with E-state index >= 15 is 0 Å². The number of nitrogens with zero attached hydrogens (tertiary/aromatic N) is 3. The van der Waals surface area contributed by atoms with E-state index in [4.69, 9.17) is 4.74 Å². The quantitative estimate of drug-likeness (QED) is 0.157. The van der Waals surface area contributed by atoms with Gasteiger partial charge < -0.3 is 24.5 Å². The number of aliphatic hydroxyl groups is 1. The summed E-state index contributed by atoms with van der Waals surface area (Å²) >= 11 is 1.66. The zero-order valence-electron chi connectivity index (χ0n) is 25.2. The number of hydrogen-bond donors (Lipinski definition) is 1. The number of likely N-dealkylation sites (tertiary alicyclic amines) is 1. The van der Waals surface area contributed by atoms with Crippen LogP contribution >= 0.6 is 11.8 Å². The number of amides is 2. The van der Waals surface area contributed by atoms with E-state index < -0.39 is 22.6 Å². The number of carbonyl (C=O) groups excluding carboxylic acids is 3. The SMILES string of the molecule is C=CCCOC(=O)[C@@H]1[C@H]2C(=O)N(CCCCCCO)C(C(=O)N(CC=C)c3ccc(N(CC)CC)cc3)C23CC[C@H]1S3. The van der Waals surface area contributed by atoms with Crippen LogP contribution in [0.15, 0.2) is 49.6 Å². The smallest absolute Gasteiger partial charge is 0.310 e. The summed E-state index contributed by atoms with van der Waals surface area (Å²) in [6.45, 7) is 14.8. The summed E-state index contributed by atoms with van der Waals surface area (Å²) in [5.74, 6) is -1.67. The monoisotopic (exact) mass is 597 g/mol. The summed E-state index contributed by atoms with van der Waals surface area (Å²) in [5, 5.41) is 9.16. The van der Waals surface area contributed by atoms with Crippen molar-refractivity contribution in [2.45, 2.75) is 74.8 Å². The molecule has 2 amide bonds. The second kappa shape index (κ2) is 14.6. The average Bonchev–Trinajstić information content (AvgIpc) is 3.64. The normalized spacial score (nSPS) is 25.8. The number of carbonyl (C=O) groups is 3. The van der Waals surface area contributed by atoms with Crippen molar-refractivity contribution in [3.63, 3.8) is 0 Å². The Morgan fingerprint density at radius 3 is 2.43 bits per heavy atom. The van der Waals surface area contributed by atoms with Gasteiger partial charge in [0.15, 0.2) is 0 Å². The lowest BCUT2D eigenvalue weighted by Gasteiger charge is -2.37. The van der Waals surface area contributed by atoms with E-state index in [1.807, 2.05) is 24.3 Å². The molecule has 9 heteroatoms. The van der Waals surface area contributed by atoms with E-state index in [0.29, 0.717) is 19.5 Å². The molecule has 0 aromatic heterocycles. The fraction of sp³-hybridized carbons (Fsp3) is 0.606. The highest BCUT2D eigenvalue weighted by Gasteiger charge is 2.74. The van der Waals surface area contributed by atoms with Crippen molar-refractivity contribution in [1.29, 1.82) is 0 Å². The first-order valence-corrected chi connectivity index (χ1v) is 16.4. The highest BCUT2D eigenvalue weighted by Crippen LogP contribution is 2.66. The summed E-state index contributed by atoms with van der Waals surface area (Å²) in [5.41, 5.74) is 1.86. The van der Waals surface area contributed by atoms with Gasteiger partial charge in [-0.2, -0.15) is 0 Å². The minimum Gasteiger partial charge on any atom is -0.465 e. The van der Waals surface area contributed by atoms with Crippen molar-refractivity contribution in [1.82, 2.24) is 4.90 Å². The molecule has 3 saturated heterocycles. The lowest BCUT2D eigenvalue weighted by atomic mass is 9.71. The number of unbranched alkanes of at least 4 members (excludes halogenated alkanes) is 3. The van der Waals surface area contributed by atoms with Crippen molar-refractivity contribution in [3.8, 4) is 0 Å². The molecule has 230 valence electrons. The number of rotatable bonds is 17. The van der Waals surface area contributed by atoms with Crippen molar-refractivity contribution in [3.05, 3.63) is 49.6 Å². The fourth-order valence-corrected chi connectivity index (χ4v) is 9.26. The molecule has 1 aromatic rings. The number of aliphatic hydroxyl groups excluding tert-OH is 1. The van der Waals surface area contributed by atoms with E-state index in [0.717, 1.165) is 63.0 Å². The molecule has 4 rings (SSSR count). The largest absolute Gasteiger partial charge is 0.465 e. The van der Waals surface area contributed by atoms with Crippen molar-refractivity contribution in [2.75, 3.05) is 49.2 Å². The van der Waals surface area contributed by atoms with Crippen LogP contribution in [0.3, 0.4) is 0 Å². The summed E-state index contributed by atoms with van der Waals surface area (Å²) in [6.07, 6.45) is 8.67. The van der Waals surface area contributed by atoms with Crippen LogP contribution in [0.1, 0.15) is 58.8 Å². The molecule has 3 aliphatic rings. The Morgan fingerprint density at radius 2 is 1.79 bits per heavy atom. The maximum atomic E-state index is 14.7. The second-order valence-corrected chi connectivity index (χ2v) is 13.0. The van der Waals surface area contributed by atoms with Crippen LogP contribution in [0.2, 0.25) is 0 Å². The third-order valence-electron chi connectivity index (χ3n) is 9.05. The van der Waals surface area contributed by atoms with Crippen LogP contribution in [0.4, 0.5) is 11.4 Å². The van der Waals surface area contributed by atoms with Crippen LogP contribution in [-0.4, -0.2) is 83.2 Å². The molecule has 8 nitrogen and oxygen atoms in total. The van der Waals surface area contributed by atoms with E-state index in [2.05, 4.69) is 31.9 Å². The number of benzene rings is 1. The molecule has 3 fully saturated rings. The van der Waals surface area contributed by atoms with Crippen LogP contribution < -0.4 is 9.80 Å². The zero-order valence-corrected chi connectivity index (χ0v) is 26.0. The average molecular weight is 598 g/mol. The molecular formula is C33H47N3O5S. The first-order chi connectivity index (χ1) is 20.4. The topological polar surface area (TPSA) is 90.4 Å². The van der Waals surface area contributed by atoms with E-state index in [9.17, 15) is 19.5 Å². The number of esters is 1. The minimum absolute atomic E-state index is 0.0293. The van der Waals surface area contributed by atoms with Gasteiger partial charge in [0.25, 0.3) is 5.91 Å². The summed E-state index contributed by atoms with van der Waals surface area (Å²) in [4.78, 5) is 48.0. The first-order valence-electron chi connectivity index (χ1n) is 15.5. The number of thioether (sulfide) groups is 1. The highest BCUT2D eigenvalue weighted by molar-refractivity contribution is 8.02. The standard InChI is InChI=1S/C33H47N3O5S/c1-5-9-23-41-32(40)27-26-18-19-33(42-26)28(27)30(38)36(21-12-10-11-13-22-37)29(33)31(39)35(20-6-2)25-16-14-24(15-17-25)34(7-3)8-4/h5-6,14-17,26-29,37H,1-2,7-13,18-23H2,3-4H3/t26-,27+,28+,29?,33?/m1/s1. The molecule has 3 aliphatic heterocycles. The number of anilines is 2. The Kier molecular flexibility index (Phi) is 11.2. The Balaban J connectivity index is 1.66. The summed E-state index contributed by atoms with van der Waals surface area (Å²) < 4.78 is 4.94. The second-order valence-electron chi connectivity index (χ2n) is 11.4. The van der Waals surface area contributed by atoms with Gasteiger partial charge in [-0.1, -0.05) is 25.0 Å². The Hall–Kier alpha value is -2.78. The van der Waals surface area contributed by atoms with Gasteiger partial charge in [-0.3, -0.25) is 14.4 Å². The Morgan fingerprint density at radius 1 is 1.10 bits per heavy atom. The van der Waals surface area contributed by atoms with Gasteiger partial charge in [-0.25, -0.2) is 0 Å². The fourth-order valence-electron chi connectivity index (χ4n) is 7.06.